The zero-order valence-corrected chi connectivity index (χ0v) is 52.7. The van der Waals surface area contributed by atoms with Gasteiger partial charge in [-0.15, -0.1) is 0 Å². The molecule has 1 heterocycles. The topological polar surface area (TPSA) is 175 Å². The molecule has 0 aromatic carbocycles. The lowest BCUT2D eigenvalue weighted by Crippen LogP contribution is -2.61. The van der Waals surface area contributed by atoms with Crippen LogP contribution in [0.15, 0.2) is 85.1 Å². The second-order valence-electron chi connectivity index (χ2n) is 22.7. The van der Waals surface area contributed by atoms with E-state index < -0.39 is 67.3 Å². The van der Waals surface area contributed by atoms with Crippen LogP contribution in [0.5, 0.6) is 0 Å². The minimum atomic E-state index is -1.91. The average molecular weight is 1170 g/mol. The second-order valence-corrected chi connectivity index (χ2v) is 22.7. The van der Waals surface area contributed by atoms with Gasteiger partial charge in [-0.1, -0.05) is 260 Å². The molecule has 476 valence electrons. The number of ether oxygens (including phenoxy) is 5. The number of aliphatic carboxylic acids is 1. The Bertz CT molecular complexity index is 1760. The lowest BCUT2D eigenvalue weighted by Gasteiger charge is -2.40. The first-order valence-electron chi connectivity index (χ1n) is 33.6. The largest absolute Gasteiger partial charge is 0.479 e. The van der Waals surface area contributed by atoms with Gasteiger partial charge in [0.1, 0.15) is 18.8 Å². The van der Waals surface area contributed by atoms with E-state index in [0.29, 0.717) is 19.3 Å². The summed E-state index contributed by atoms with van der Waals surface area (Å²) < 4.78 is 28.6. The molecule has 3 N–H and O–H groups in total. The third-order valence-corrected chi connectivity index (χ3v) is 15.0. The van der Waals surface area contributed by atoms with E-state index in [-0.39, 0.29) is 25.9 Å². The number of rotatable bonds is 57. The van der Waals surface area contributed by atoms with Crippen LogP contribution in [0, 0.1) is 0 Å². The number of aliphatic hydroxyl groups is 2. The monoisotopic (exact) mass is 1160 g/mol. The molecule has 1 aliphatic heterocycles. The molecule has 1 fully saturated rings. The van der Waals surface area contributed by atoms with Crippen LogP contribution < -0.4 is 0 Å². The Morgan fingerprint density at radius 3 is 1.18 bits per heavy atom. The molecule has 12 nitrogen and oxygen atoms in total. The van der Waals surface area contributed by atoms with Gasteiger partial charge in [0, 0.05) is 19.3 Å². The van der Waals surface area contributed by atoms with Gasteiger partial charge < -0.3 is 39.0 Å². The van der Waals surface area contributed by atoms with Crippen molar-refractivity contribution in [2.24, 2.45) is 0 Å². The zero-order valence-electron chi connectivity index (χ0n) is 52.7. The number of allylic oxidation sites excluding steroid dienone is 14. The number of esters is 3. The van der Waals surface area contributed by atoms with Crippen molar-refractivity contribution in [2.45, 2.75) is 327 Å². The normalized spacial score (nSPS) is 18.1. The fraction of sp³-hybridized carbons (Fsp3) is 0.746. The van der Waals surface area contributed by atoms with Gasteiger partial charge in [0.15, 0.2) is 24.6 Å². The van der Waals surface area contributed by atoms with Gasteiger partial charge in [0.2, 0.25) is 0 Å². The van der Waals surface area contributed by atoms with Crippen LogP contribution >= 0.6 is 0 Å². The van der Waals surface area contributed by atoms with E-state index >= 15 is 0 Å². The summed E-state index contributed by atoms with van der Waals surface area (Å²) in [7, 11) is 0. The summed E-state index contributed by atoms with van der Waals surface area (Å²) in [6, 6.07) is 0. The molecule has 83 heavy (non-hydrogen) atoms. The Labute approximate surface area is 505 Å². The van der Waals surface area contributed by atoms with Crippen LogP contribution in [0.4, 0.5) is 0 Å². The molecule has 0 amide bonds. The highest BCUT2D eigenvalue weighted by atomic mass is 16.7. The van der Waals surface area contributed by atoms with Gasteiger partial charge in [0.25, 0.3) is 0 Å². The standard InChI is InChI=1S/C71H120O12/c1-4-7-10-13-16-19-22-25-28-30-32-34-37-39-42-45-48-51-54-57-63(72)79-60-62(81-64(73)58-55-52-49-46-43-40-36-27-24-21-18-15-12-9-6-3)61-80-71-69(67(76)66(75)68(83-71)70(77)78)82-65(74)59-56-53-50-47-44-41-38-35-33-31-29-26-23-20-17-14-11-8-5-2/h7,10,16-17,19-20,25-26,28-29,32-35,62,66-69,71,75-76H,4-6,8-9,11-15,18,21-24,27,30-31,36-61H2,1-3H3,(H,77,78)/b10-7-,19-16-,20-17-,28-25-,29-26-,34-32-,35-33-. The molecule has 0 aromatic rings. The highest BCUT2D eigenvalue weighted by Gasteiger charge is 2.50. The van der Waals surface area contributed by atoms with E-state index in [2.05, 4.69) is 106 Å². The summed E-state index contributed by atoms with van der Waals surface area (Å²) in [6.07, 6.45) is 63.8. The Morgan fingerprint density at radius 2 is 0.759 bits per heavy atom. The number of carbonyl (C=O) groups is 4. The van der Waals surface area contributed by atoms with E-state index in [9.17, 15) is 34.5 Å². The van der Waals surface area contributed by atoms with E-state index in [0.717, 1.165) is 135 Å². The quantitative estimate of drug-likeness (QED) is 0.0228. The third kappa shape index (κ3) is 47.8. The van der Waals surface area contributed by atoms with E-state index in [1.54, 1.807) is 0 Å². The van der Waals surface area contributed by atoms with Gasteiger partial charge in [0.05, 0.1) is 6.61 Å². The zero-order chi connectivity index (χ0) is 60.3. The number of carboxylic acids is 1. The number of hydrogen-bond donors (Lipinski definition) is 3. The van der Waals surface area contributed by atoms with E-state index in [4.69, 9.17) is 23.7 Å². The molecule has 6 atom stereocenters. The Hall–Kier alpha value is -4.10. The highest BCUT2D eigenvalue weighted by Crippen LogP contribution is 2.27. The van der Waals surface area contributed by atoms with Crippen LogP contribution in [0.25, 0.3) is 0 Å². The van der Waals surface area contributed by atoms with Crippen molar-refractivity contribution in [2.75, 3.05) is 13.2 Å². The number of unbranched alkanes of at least 4 members (excludes halogenated alkanes) is 29. The van der Waals surface area contributed by atoms with E-state index in [1.807, 2.05) is 0 Å². The molecule has 1 rings (SSSR count). The predicted molar refractivity (Wildman–Crippen MR) is 340 cm³/mol. The van der Waals surface area contributed by atoms with Crippen LogP contribution in [0.2, 0.25) is 0 Å². The van der Waals surface area contributed by atoms with Gasteiger partial charge in [-0.3, -0.25) is 14.4 Å². The first-order chi connectivity index (χ1) is 40.6. The van der Waals surface area contributed by atoms with Gasteiger partial charge in [-0.25, -0.2) is 4.79 Å². The Balaban J connectivity index is 2.66. The molecular weight excluding hydrogens is 1040 g/mol. The molecule has 1 aliphatic rings. The maximum absolute atomic E-state index is 13.2. The molecule has 1 saturated heterocycles. The Kier molecular flexibility index (Phi) is 54.0. The van der Waals surface area contributed by atoms with Crippen molar-refractivity contribution in [3.05, 3.63) is 85.1 Å². The maximum atomic E-state index is 13.2. The molecular formula is C71H120O12. The van der Waals surface area contributed by atoms with Gasteiger partial charge in [-0.2, -0.15) is 0 Å². The highest BCUT2D eigenvalue weighted by molar-refractivity contribution is 5.74. The summed E-state index contributed by atoms with van der Waals surface area (Å²) in [5.74, 6) is -3.14. The second kappa shape index (κ2) is 58.3. The van der Waals surface area contributed by atoms with Crippen molar-refractivity contribution in [3.63, 3.8) is 0 Å². The fourth-order valence-electron chi connectivity index (χ4n) is 9.84. The minimum absolute atomic E-state index is 0.0431. The van der Waals surface area contributed by atoms with Gasteiger partial charge >= 0.3 is 23.9 Å². The molecule has 0 aromatic heterocycles. The number of carbonyl (C=O) groups excluding carboxylic acids is 3. The van der Waals surface area contributed by atoms with Crippen molar-refractivity contribution >= 4 is 23.9 Å². The summed E-state index contributed by atoms with van der Waals surface area (Å²) in [5, 5.41) is 31.6. The summed E-state index contributed by atoms with van der Waals surface area (Å²) >= 11 is 0. The average Bonchev–Trinajstić information content (AvgIpc) is 3.57. The first kappa shape index (κ1) is 76.9. The molecule has 0 aliphatic carbocycles. The molecule has 0 spiro atoms. The predicted octanol–water partition coefficient (Wildman–Crippen LogP) is 18.2. The molecule has 0 bridgehead atoms. The smallest absolute Gasteiger partial charge is 0.335 e. The summed E-state index contributed by atoms with van der Waals surface area (Å²) in [4.78, 5) is 51.4. The third-order valence-electron chi connectivity index (χ3n) is 15.0. The minimum Gasteiger partial charge on any atom is -0.479 e. The van der Waals surface area contributed by atoms with Gasteiger partial charge in [-0.05, 0) is 96.3 Å². The van der Waals surface area contributed by atoms with Crippen molar-refractivity contribution in [3.8, 4) is 0 Å². The SMILES string of the molecule is CC/C=C\C/C=C\C/C=C\C/C=C\CCCCCCCCC(=O)OCC(COC1OC(C(=O)O)C(O)C(O)C1OC(=O)CCCCCCCC/C=C\C/C=C\C/C=C\CCCCC)OC(=O)CCCCCCCCCCCCCCCCC. The molecule has 12 heteroatoms. The number of aliphatic hydroxyl groups excluding tert-OH is 2. The lowest BCUT2D eigenvalue weighted by atomic mass is 9.98. The first-order valence-corrected chi connectivity index (χ1v) is 33.6. The van der Waals surface area contributed by atoms with Crippen LogP contribution in [-0.4, -0.2) is 89.2 Å². The molecule has 6 unspecified atom stereocenters. The van der Waals surface area contributed by atoms with Crippen molar-refractivity contribution in [1.29, 1.82) is 0 Å². The summed E-state index contributed by atoms with van der Waals surface area (Å²) in [5.41, 5.74) is 0. The van der Waals surface area contributed by atoms with Crippen LogP contribution in [0.1, 0.15) is 290 Å². The summed E-state index contributed by atoms with van der Waals surface area (Å²) in [6.45, 7) is 5.87. The number of carboxylic acid groups (broad SMARTS) is 1. The fourth-order valence-corrected chi connectivity index (χ4v) is 9.84. The Morgan fingerprint density at radius 1 is 0.410 bits per heavy atom. The maximum Gasteiger partial charge on any atom is 0.335 e. The molecule has 0 radical (unpaired) electrons. The van der Waals surface area contributed by atoms with Crippen LogP contribution in [0.3, 0.4) is 0 Å². The number of hydrogen-bond acceptors (Lipinski definition) is 11. The van der Waals surface area contributed by atoms with Crippen LogP contribution in [-0.2, 0) is 42.9 Å². The molecule has 0 saturated carbocycles. The lowest BCUT2D eigenvalue weighted by molar-refractivity contribution is -0.301. The van der Waals surface area contributed by atoms with Crippen molar-refractivity contribution < 1.29 is 58.2 Å². The van der Waals surface area contributed by atoms with E-state index in [1.165, 1.54) is 96.3 Å². The van der Waals surface area contributed by atoms with Crippen molar-refractivity contribution in [1.82, 2.24) is 0 Å².